The van der Waals surface area contributed by atoms with Crippen molar-refractivity contribution >= 4 is 0 Å². The summed E-state index contributed by atoms with van der Waals surface area (Å²) in [5.74, 6) is 0. The zero-order valence-corrected chi connectivity index (χ0v) is 11.3. The minimum atomic E-state index is -2.39. The highest BCUT2D eigenvalue weighted by atomic mass is 19.3. The van der Waals surface area contributed by atoms with Gasteiger partial charge in [-0.3, -0.25) is 0 Å². The van der Waals surface area contributed by atoms with E-state index < -0.39 is 6.43 Å². The normalized spacial score (nSPS) is 16.8. The van der Waals surface area contributed by atoms with Crippen LogP contribution >= 0.6 is 0 Å². The molecular weight excluding hydrogens is 248 g/mol. The van der Waals surface area contributed by atoms with Gasteiger partial charge in [-0.25, -0.2) is 8.78 Å². The molecule has 1 saturated carbocycles. The molecule has 1 aromatic carbocycles. The van der Waals surface area contributed by atoms with Gasteiger partial charge < -0.3 is 10.1 Å². The molecule has 0 unspecified atom stereocenters. The molecule has 1 aliphatic carbocycles. The van der Waals surface area contributed by atoms with Gasteiger partial charge in [0.05, 0.1) is 0 Å². The largest absolute Gasteiger partial charge is 0.385 e. The summed E-state index contributed by atoms with van der Waals surface area (Å²) in [5.41, 5.74) is 1.40. The Hall–Kier alpha value is -1.00. The lowest BCUT2D eigenvalue weighted by molar-refractivity contribution is 0.151. The van der Waals surface area contributed by atoms with Gasteiger partial charge in [-0.2, -0.15) is 0 Å². The first kappa shape index (κ1) is 14.4. The van der Waals surface area contributed by atoms with Crippen LogP contribution in [-0.2, 0) is 11.3 Å². The van der Waals surface area contributed by atoms with Crippen LogP contribution in [0.1, 0.15) is 36.8 Å². The fourth-order valence-electron chi connectivity index (χ4n) is 2.32. The number of hydrogen-bond donors (Lipinski definition) is 1. The van der Waals surface area contributed by atoms with Gasteiger partial charge in [-0.1, -0.05) is 18.2 Å². The van der Waals surface area contributed by atoms with Crippen molar-refractivity contribution in [2.45, 2.75) is 32.2 Å². The van der Waals surface area contributed by atoms with Gasteiger partial charge in [0.2, 0.25) is 0 Å². The van der Waals surface area contributed by atoms with Gasteiger partial charge in [-0.15, -0.1) is 0 Å². The molecule has 0 amide bonds. The first-order valence-electron chi connectivity index (χ1n) is 6.72. The highest BCUT2D eigenvalue weighted by Gasteiger charge is 2.41. The molecule has 2 rings (SSSR count). The maximum Gasteiger partial charge on any atom is 0.263 e. The molecule has 0 spiro atoms. The first-order valence-corrected chi connectivity index (χ1v) is 6.72. The molecule has 1 fully saturated rings. The van der Waals surface area contributed by atoms with Crippen molar-refractivity contribution in [2.24, 2.45) is 5.41 Å². The van der Waals surface area contributed by atoms with E-state index in [1.54, 1.807) is 19.2 Å². The summed E-state index contributed by atoms with van der Waals surface area (Å²) in [6.45, 7) is 2.38. The standard InChI is InChI=1S/C15H21F2NO/c1-19-8-7-15(5-6-15)11-18-10-12-3-2-4-13(9-12)14(16)17/h2-4,9,14,18H,5-8,10-11H2,1H3. The minimum absolute atomic E-state index is 0.0971. The van der Waals surface area contributed by atoms with Crippen LogP contribution in [0.5, 0.6) is 0 Å². The number of benzene rings is 1. The molecular formula is C15H21F2NO. The summed E-state index contributed by atoms with van der Waals surface area (Å²) in [4.78, 5) is 0. The van der Waals surface area contributed by atoms with E-state index in [2.05, 4.69) is 5.32 Å². The number of methoxy groups -OCH3 is 1. The molecule has 4 heteroatoms. The van der Waals surface area contributed by atoms with Crippen LogP contribution in [0, 0.1) is 5.41 Å². The predicted molar refractivity (Wildman–Crippen MR) is 71.3 cm³/mol. The SMILES string of the molecule is COCCC1(CNCc2cccc(C(F)F)c2)CC1. The zero-order valence-electron chi connectivity index (χ0n) is 11.3. The second-order valence-corrected chi connectivity index (χ2v) is 5.39. The molecule has 1 aliphatic rings. The molecule has 0 bridgehead atoms. The minimum Gasteiger partial charge on any atom is -0.385 e. The van der Waals surface area contributed by atoms with Gasteiger partial charge in [0, 0.05) is 32.4 Å². The van der Waals surface area contributed by atoms with Gasteiger partial charge in [0.15, 0.2) is 0 Å². The third-order valence-corrected chi connectivity index (χ3v) is 3.83. The molecule has 1 N–H and O–H groups in total. The van der Waals surface area contributed by atoms with Crippen molar-refractivity contribution in [3.63, 3.8) is 0 Å². The Balaban J connectivity index is 1.78. The number of alkyl halides is 2. The first-order chi connectivity index (χ1) is 9.15. The van der Waals surface area contributed by atoms with Gasteiger partial charge in [0.1, 0.15) is 0 Å². The van der Waals surface area contributed by atoms with Crippen molar-refractivity contribution in [2.75, 3.05) is 20.3 Å². The lowest BCUT2D eigenvalue weighted by Crippen LogP contribution is -2.24. The van der Waals surface area contributed by atoms with Crippen LogP contribution < -0.4 is 5.32 Å². The van der Waals surface area contributed by atoms with Gasteiger partial charge in [-0.05, 0) is 36.3 Å². The van der Waals surface area contributed by atoms with Gasteiger partial charge in [0.25, 0.3) is 6.43 Å². The van der Waals surface area contributed by atoms with E-state index in [0.29, 0.717) is 12.0 Å². The molecule has 0 aliphatic heterocycles. The Morgan fingerprint density at radius 2 is 2.16 bits per heavy atom. The summed E-state index contributed by atoms with van der Waals surface area (Å²) < 4.78 is 30.3. The quantitative estimate of drug-likeness (QED) is 0.779. The van der Waals surface area contributed by atoms with Crippen molar-refractivity contribution in [1.82, 2.24) is 5.32 Å². The second-order valence-electron chi connectivity index (χ2n) is 5.39. The topological polar surface area (TPSA) is 21.3 Å². The van der Waals surface area contributed by atoms with Gasteiger partial charge >= 0.3 is 0 Å². The summed E-state index contributed by atoms with van der Waals surface area (Å²) in [6.07, 6.45) is 1.16. The average Bonchev–Trinajstić information content (AvgIpc) is 3.17. The van der Waals surface area contributed by atoms with Crippen molar-refractivity contribution in [3.8, 4) is 0 Å². The average molecular weight is 269 g/mol. The van der Waals surface area contributed by atoms with E-state index in [1.807, 2.05) is 6.07 Å². The van der Waals surface area contributed by atoms with Crippen LogP contribution in [0.15, 0.2) is 24.3 Å². The molecule has 1 aromatic rings. The molecule has 19 heavy (non-hydrogen) atoms. The van der Waals surface area contributed by atoms with Crippen LogP contribution in [0.4, 0.5) is 8.78 Å². The lowest BCUT2D eigenvalue weighted by atomic mass is 10.0. The molecule has 2 nitrogen and oxygen atoms in total. The predicted octanol–water partition coefficient (Wildman–Crippen LogP) is 3.53. The van der Waals surface area contributed by atoms with E-state index in [-0.39, 0.29) is 5.56 Å². The molecule has 0 radical (unpaired) electrons. The monoisotopic (exact) mass is 269 g/mol. The highest BCUT2D eigenvalue weighted by Crippen LogP contribution is 2.48. The number of halogens is 2. The number of hydrogen-bond acceptors (Lipinski definition) is 2. The summed E-state index contributed by atoms with van der Waals surface area (Å²) in [7, 11) is 1.72. The zero-order chi connectivity index (χ0) is 13.7. The molecule has 0 heterocycles. The Bertz CT molecular complexity index is 405. The number of nitrogens with one attached hydrogen (secondary N) is 1. The highest BCUT2D eigenvalue weighted by molar-refractivity contribution is 5.24. The summed E-state index contributed by atoms with van der Waals surface area (Å²) in [5, 5.41) is 3.38. The molecule has 106 valence electrons. The Labute approximate surface area is 113 Å². The number of rotatable bonds is 8. The summed E-state index contributed by atoms with van der Waals surface area (Å²) in [6, 6.07) is 6.62. The molecule has 0 saturated heterocycles. The Morgan fingerprint density at radius 1 is 1.37 bits per heavy atom. The van der Waals surface area contributed by atoms with E-state index in [4.69, 9.17) is 4.74 Å². The van der Waals surface area contributed by atoms with Crippen molar-refractivity contribution < 1.29 is 13.5 Å². The molecule has 0 aromatic heterocycles. The van der Waals surface area contributed by atoms with E-state index in [1.165, 1.54) is 18.9 Å². The lowest BCUT2D eigenvalue weighted by Gasteiger charge is -2.15. The fourth-order valence-corrected chi connectivity index (χ4v) is 2.32. The smallest absolute Gasteiger partial charge is 0.263 e. The van der Waals surface area contributed by atoms with Crippen LogP contribution in [0.3, 0.4) is 0 Å². The summed E-state index contributed by atoms with van der Waals surface area (Å²) >= 11 is 0. The van der Waals surface area contributed by atoms with E-state index >= 15 is 0 Å². The Kier molecular flexibility index (Phi) is 4.88. The van der Waals surface area contributed by atoms with Crippen LogP contribution in [-0.4, -0.2) is 20.3 Å². The van der Waals surface area contributed by atoms with Crippen molar-refractivity contribution in [3.05, 3.63) is 35.4 Å². The van der Waals surface area contributed by atoms with Crippen LogP contribution in [0.25, 0.3) is 0 Å². The van der Waals surface area contributed by atoms with Crippen molar-refractivity contribution in [1.29, 1.82) is 0 Å². The molecule has 0 atom stereocenters. The second kappa shape index (κ2) is 6.44. The maximum absolute atomic E-state index is 12.6. The van der Waals surface area contributed by atoms with E-state index in [9.17, 15) is 8.78 Å². The fraction of sp³-hybridized carbons (Fsp3) is 0.600. The third kappa shape index (κ3) is 4.25. The van der Waals surface area contributed by atoms with E-state index in [0.717, 1.165) is 25.1 Å². The maximum atomic E-state index is 12.6. The number of ether oxygens (including phenoxy) is 1. The Morgan fingerprint density at radius 3 is 2.79 bits per heavy atom. The van der Waals surface area contributed by atoms with Crippen LogP contribution in [0.2, 0.25) is 0 Å². The third-order valence-electron chi connectivity index (χ3n) is 3.83.